The fourth-order valence-corrected chi connectivity index (χ4v) is 3.68. The molecule has 0 spiro atoms. The van der Waals surface area contributed by atoms with E-state index in [-0.39, 0.29) is 5.82 Å². The van der Waals surface area contributed by atoms with Crippen molar-refractivity contribution in [3.8, 4) is 16.4 Å². The van der Waals surface area contributed by atoms with Gasteiger partial charge in [-0.1, -0.05) is 12.1 Å². The third-order valence-corrected chi connectivity index (χ3v) is 5.15. The first-order valence-corrected chi connectivity index (χ1v) is 9.66. The number of aromatic nitrogens is 4. The second kappa shape index (κ2) is 7.08. The topological polar surface area (TPSA) is 106 Å². The fraction of sp³-hybridized carbons (Fsp3) is 0. The molecule has 0 aliphatic heterocycles. The minimum absolute atomic E-state index is 0.0801. The first-order chi connectivity index (χ1) is 14.6. The Kier molecular flexibility index (Phi) is 4.25. The Hall–Kier alpha value is -4.05. The lowest BCUT2D eigenvalue weighted by molar-refractivity contribution is 0.101. The van der Waals surface area contributed by atoms with Crippen LogP contribution in [-0.2, 0) is 0 Å². The summed E-state index contributed by atoms with van der Waals surface area (Å²) in [6, 6.07) is 14.3. The van der Waals surface area contributed by atoms with Crippen LogP contribution in [-0.4, -0.2) is 25.7 Å². The van der Waals surface area contributed by atoms with Gasteiger partial charge in [0.15, 0.2) is 11.4 Å². The molecule has 5 aromatic rings. The summed E-state index contributed by atoms with van der Waals surface area (Å²) in [4.78, 5) is 31.8. The van der Waals surface area contributed by atoms with Gasteiger partial charge in [0.1, 0.15) is 5.82 Å². The molecule has 3 aromatic heterocycles. The maximum Gasteiger partial charge on any atom is 0.417 e. The number of halogens is 1. The lowest BCUT2D eigenvalue weighted by Gasteiger charge is -2.04. The van der Waals surface area contributed by atoms with Crippen LogP contribution in [0.1, 0.15) is 10.6 Å². The fourth-order valence-electron chi connectivity index (χ4n) is 2.98. The van der Waals surface area contributed by atoms with Crippen LogP contribution in [0.4, 0.5) is 10.1 Å². The van der Waals surface area contributed by atoms with E-state index in [1.165, 1.54) is 28.2 Å². The largest absolute Gasteiger partial charge is 0.417 e. The van der Waals surface area contributed by atoms with Crippen molar-refractivity contribution in [3.63, 3.8) is 0 Å². The normalized spacial score (nSPS) is 11.1. The Morgan fingerprint density at radius 1 is 1.17 bits per heavy atom. The van der Waals surface area contributed by atoms with Gasteiger partial charge in [-0.15, -0.1) is 16.4 Å². The van der Waals surface area contributed by atoms with Crippen molar-refractivity contribution in [2.24, 2.45) is 0 Å². The van der Waals surface area contributed by atoms with Gasteiger partial charge >= 0.3 is 5.76 Å². The summed E-state index contributed by atoms with van der Waals surface area (Å²) in [6.45, 7) is 0. The SMILES string of the molecule is O=C(Nc1ccc2oc(=O)[nH]c2c1)c1nc(-c2cccs2)n(-c2cccc(F)c2)n1. The van der Waals surface area contributed by atoms with Crippen LogP contribution < -0.4 is 11.1 Å². The molecule has 2 N–H and O–H groups in total. The zero-order chi connectivity index (χ0) is 20.7. The highest BCUT2D eigenvalue weighted by atomic mass is 32.1. The predicted octanol–water partition coefficient (Wildman–Crippen LogP) is 3.82. The summed E-state index contributed by atoms with van der Waals surface area (Å²) in [5, 5.41) is 8.87. The molecule has 0 fully saturated rings. The smallest absolute Gasteiger partial charge is 0.408 e. The van der Waals surface area contributed by atoms with Crippen LogP contribution in [0.25, 0.3) is 27.5 Å². The van der Waals surface area contributed by atoms with Gasteiger partial charge in [-0.2, -0.15) is 0 Å². The number of oxazole rings is 1. The van der Waals surface area contributed by atoms with Gasteiger partial charge in [-0.05, 0) is 47.8 Å². The Balaban J connectivity index is 1.52. The molecule has 3 heterocycles. The van der Waals surface area contributed by atoms with Crippen LogP contribution in [0.5, 0.6) is 0 Å². The number of rotatable bonds is 4. The quantitative estimate of drug-likeness (QED) is 0.459. The van der Waals surface area contributed by atoms with E-state index in [0.29, 0.717) is 28.3 Å². The van der Waals surface area contributed by atoms with Crippen LogP contribution in [0.2, 0.25) is 0 Å². The van der Waals surface area contributed by atoms with Gasteiger partial charge in [0.2, 0.25) is 5.82 Å². The molecule has 0 aliphatic carbocycles. The molecule has 2 aromatic carbocycles. The lowest BCUT2D eigenvalue weighted by atomic mass is 10.3. The summed E-state index contributed by atoms with van der Waals surface area (Å²) in [5.74, 6) is -1.20. The molecule has 8 nitrogen and oxygen atoms in total. The molecule has 0 saturated carbocycles. The Morgan fingerprint density at radius 2 is 2.07 bits per heavy atom. The number of amides is 1. The summed E-state index contributed by atoms with van der Waals surface area (Å²) in [7, 11) is 0. The number of aromatic amines is 1. The van der Waals surface area contributed by atoms with Gasteiger partial charge < -0.3 is 9.73 Å². The van der Waals surface area contributed by atoms with E-state index in [9.17, 15) is 14.0 Å². The van der Waals surface area contributed by atoms with E-state index in [1.54, 1.807) is 30.3 Å². The monoisotopic (exact) mass is 421 g/mol. The van der Waals surface area contributed by atoms with E-state index in [2.05, 4.69) is 20.4 Å². The van der Waals surface area contributed by atoms with Crippen molar-refractivity contribution >= 4 is 34.0 Å². The molecule has 0 aliphatic rings. The number of H-pyrrole nitrogens is 1. The van der Waals surface area contributed by atoms with Gasteiger partial charge in [0.25, 0.3) is 5.91 Å². The van der Waals surface area contributed by atoms with Crippen molar-refractivity contribution in [3.05, 3.63) is 82.2 Å². The number of nitrogens with one attached hydrogen (secondary N) is 2. The molecule has 148 valence electrons. The molecule has 0 atom stereocenters. The van der Waals surface area contributed by atoms with Crippen molar-refractivity contribution < 1.29 is 13.6 Å². The lowest BCUT2D eigenvalue weighted by Crippen LogP contribution is -2.14. The minimum atomic E-state index is -0.579. The number of hydrogen-bond donors (Lipinski definition) is 2. The van der Waals surface area contributed by atoms with Crippen LogP contribution >= 0.6 is 11.3 Å². The molecular formula is C20H12FN5O3S. The number of anilines is 1. The van der Waals surface area contributed by atoms with Gasteiger partial charge in [-0.25, -0.2) is 18.9 Å². The highest BCUT2D eigenvalue weighted by Gasteiger charge is 2.20. The Morgan fingerprint density at radius 3 is 2.87 bits per heavy atom. The average Bonchev–Trinajstić information content (AvgIpc) is 3.46. The van der Waals surface area contributed by atoms with E-state index >= 15 is 0 Å². The Bertz CT molecular complexity index is 1430. The summed E-state index contributed by atoms with van der Waals surface area (Å²) < 4.78 is 20.1. The van der Waals surface area contributed by atoms with E-state index in [4.69, 9.17) is 4.42 Å². The van der Waals surface area contributed by atoms with Crippen molar-refractivity contribution in [2.45, 2.75) is 0 Å². The molecule has 30 heavy (non-hydrogen) atoms. The van der Waals surface area contributed by atoms with Gasteiger partial charge in [-0.3, -0.25) is 9.78 Å². The third-order valence-electron chi connectivity index (χ3n) is 4.28. The van der Waals surface area contributed by atoms with Gasteiger partial charge in [0, 0.05) is 5.69 Å². The maximum atomic E-state index is 13.7. The Labute approximate surface area is 171 Å². The van der Waals surface area contributed by atoms with Crippen LogP contribution in [0.3, 0.4) is 0 Å². The number of carbonyl (C=O) groups excluding carboxylic acids is 1. The first kappa shape index (κ1) is 18.0. The number of benzene rings is 2. The zero-order valence-electron chi connectivity index (χ0n) is 15.1. The number of nitrogens with zero attached hydrogens (tertiary/aromatic N) is 3. The zero-order valence-corrected chi connectivity index (χ0v) is 15.9. The molecule has 1 amide bonds. The van der Waals surface area contributed by atoms with E-state index in [0.717, 1.165) is 4.88 Å². The molecule has 0 bridgehead atoms. The average molecular weight is 421 g/mol. The summed E-state index contributed by atoms with van der Waals surface area (Å²) in [6.07, 6.45) is 0. The van der Waals surface area contributed by atoms with E-state index < -0.39 is 17.5 Å². The van der Waals surface area contributed by atoms with E-state index in [1.807, 2.05) is 17.5 Å². The molecule has 0 radical (unpaired) electrons. The molecule has 5 rings (SSSR count). The van der Waals surface area contributed by atoms with Crippen molar-refractivity contribution in [1.82, 2.24) is 19.7 Å². The first-order valence-electron chi connectivity index (χ1n) is 8.78. The second-order valence-electron chi connectivity index (χ2n) is 6.31. The van der Waals surface area contributed by atoms with Gasteiger partial charge in [0.05, 0.1) is 16.1 Å². The summed E-state index contributed by atoms with van der Waals surface area (Å²) >= 11 is 1.43. The number of hydrogen-bond acceptors (Lipinski definition) is 6. The number of fused-ring (bicyclic) bond motifs is 1. The maximum absolute atomic E-state index is 13.7. The number of thiophene rings is 1. The minimum Gasteiger partial charge on any atom is -0.408 e. The highest BCUT2D eigenvalue weighted by Crippen LogP contribution is 2.26. The van der Waals surface area contributed by atoms with Crippen LogP contribution in [0.15, 0.2) is 69.2 Å². The molecular weight excluding hydrogens is 409 g/mol. The predicted molar refractivity (Wildman–Crippen MR) is 109 cm³/mol. The summed E-state index contributed by atoms with van der Waals surface area (Å²) in [5.41, 5.74) is 1.72. The molecule has 0 saturated heterocycles. The molecule has 0 unspecified atom stereocenters. The number of carbonyl (C=O) groups is 1. The van der Waals surface area contributed by atoms with Crippen LogP contribution in [0, 0.1) is 5.82 Å². The standard InChI is InChI=1S/C20H12FN5O3S/c21-11-3-1-4-13(9-11)26-18(16-5-2-8-30-16)24-17(25-26)19(27)22-12-6-7-15-14(10-12)23-20(28)29-15/h1-10H,(H,22,27)(H,23,28). The second-order valence-corrected chi connectivity index (χ2v) is 7.26. The molecule has 10 heteroatoms. The van der Waals surface area contributed by atoms with Crippen molar-refractivity contribution in [1.29, 1.82) is 0 Å². The highest BCUT2D eigenvalue weighted by molar-refractivity contribution is 7.13. The third kappa shape index (κ3) is 3.29. The van der Waals surface area contributed by atoms with Crippen molar-refractivity contribution in [2.75, 3.05) is 5.32 Å².